The largest absolute Gasteiger partial charge is 0.375 e. The monoisotopic (exact) mass is 176 g/mol. The molecule has 0 aliphatic rings. The van der Waals surface area contributed by atoms with Gasteiger partial charge in [-0.15, -0.1) is 12.4 Å². The highest BCUT2D eigenvalue weighted by molar-refractivity contribution is 5.85. The highest BCUT2D eigenvalue weighted by Gasteiger charge is 1.97. The van der Waals surface area contributed by atoms with Crippen molar-refractivity contribution in [2.75, 3.05) is 6.61 Å². The van der Waals surface area contributed by atoms with Crippen molar-refractivity contribution in [3.05, 3.63) is 17.7 Å². The van der Waals surface area contributed by atoms with Gasteiger partial charge in [0.05, 0.1) is 18.6 Å². The van der Waals surface area contributed by atoms with Gasteiger partial charge in [-0.25, -0.2) is 4.98 Å². The molecule has 3 nitrogen and oxygen atoms in total. The zero-order chi connectivity index (χ0) is 7.40. The first-order chi connectivity index (χ1) is 4.84. The van der Waals surface area contributed by atoms with Crippen LogP contribution in [0, 0.1) is 6.92 Å². The number of aromatic amines is 1. The smallest absolute Gasteiger partial charge is 0.0926 e. The normalized spacial score (nSPS) is 9.27. The average Bonchev–Trinajstić information content (AvgIpc) is 2.31. The van der Waals surface area contributed by atoms with Crippen LogP contribution < -0.4 is 0 Å². The Morgan fingerprint density at radius 2 is 2.36 bits per heavy atom. The number of rotatable bonds is 3. The lowest BCUT2D eigenvalue weighted by Gasteiger charge is -1.96. The van der Waals surface area contributed by atoms with Crippen LogP contribution in [-0.2, 0) is 11.3 Å². The second-order valence-electron chi connectivity index (χ2n) is 2.11. The first-order valence-electron chi connectivity index (χ1n) is 3.41. The number of nitrogens with one attached hydrogen (secondary N) is 1. The Bertz CT molecular complexity index is 200. The molecule has 0 spiro atoms. The molecule has 4 heteroatoms. The first kappa shape index (κ1) is 10.5. The fourth-order valence-electron chi connectivity index (χ4n) is 0.731. The molecule has 0 aliphatic carbocycles. The Kier molecular flexibility index (Phi) is 4.90. The van der Waals surface area contributed by atoms with E-state index >= 15 is 0 Å². The minimum atomic E-state index is 0. The number of aryl methyl sites for hydroxylation is 1. The van der Waals surface area contributed by atoms with Crippen molar-refractivity contribution in [1.29, 1.82) is 0 Å². The van der Waals surface area contributed by atoms with Gasteiger partial charge >= 0.3 is 0 Å². The van der Waals surface area contributed by atoms with Crippen molar-refractivity contribution < 1.29 is 4.74 Å². The lowest BCUT2D eigenvalue weighted by atomic mass is 10.4. The number of halogens is 1. The average molecular weight is 177 g/mol. The van der Waals surface area contributed by atoms with Gasteiger partial charge in [-0.05, 0) is 13.8 Å². The summed E-state index contributed by atoms with van der Waals surface area (Å²) in [6.45, 7) is 5.32. The predicted octanol–water partition coefficient (Wildman–Crippen LogP) is 1.68. The van der Waals surface area contributed by atoms with Gasteiger partial charge in [-0.2, -0.15) is 0 Å². The second kappa shape index (κ2) is 5.16. The van der Waals surface area contributed by atoms with Gasteiger partial charge in [0.25, 0.3) is 0 Å². The highest BCUT2D eigenvalue weighted by Crippen LogP contribution is 2.01. The summed E-state index contributed by atoms with van der Waals surface area (Å²) in [6, 6.07) is 0. The summed E-state index contributed by atoms with van der Waals surface area (Å²) < 4.78 is 5.18. The molecule has 0 radical (unpaired) electrons. The molecule has 1 aromatic heterocycles. The van der Waals surface area contributed by atoms with E-state index in [1.165, 1.54) is 0 Å². The molecule has 0 atom stereocenters. The molecule has 0 saturated carbocycles. The molecule has 0 unspecified atom stereocenters. The number of ether oxygens (including phenoxy) is 1. The van der Waals surface area contributed by atoms with Crippen LogP contribution in [0.2, 0.25) is 0 Å². The Morgan fingerprint density at radius 1 is 1.64 bits per heavy atom. The van der Waals surface area contributed by atoms with Crippen LogP contribution in [0.1, 0.15) is 18.3 Å². The van der Waals surface area contributed by atoms with Gasteiger partial charge in [0.2, 0.25) is 0 Å². The van der Waals surface area contributed by atoms with Crippen molar-refractivity contribution in [1.82, 2.24) is 9.97 Å². The van der Waals surface area contributed by atoms with Gasteiger partial charge in [0, 0.05) is 12.3 Å². The van der Waals surface area contributed by atoms with Crippen LogP contribution in [0.15, 0.2) is 6.33 Å². The summed E-state index contributed by atoms with van der Waals surface area (Å²) in [5.74, 6) is 0. The summed E-state index contributed by atoms with van der Waals surface area (Å²) in [6.07, 6.45) is 1.68. The molecule has 64 valence electrons. The topological polar surface area (TPSA) is 37.9 Å². The maximum Gasteiger partial charge on any atom is 0.0926 e. The molecule has 1 N–H and O–H groups in total. The molecule has 0 fully saturated rings. The lowest BCUT2D eigenvalue weighted by Crippen LogP contribution is -1.93. The molecule has 0 aromatic carbocycles. The fraction of sp³-hybridized carbons (Fsp3) is 0.571. The summed E-state index contributed by atoms with van der Waals surface area (Å²) in [7, 11) is 0. The summed E-state index contributed by atoms with van der Waals surface area (Å²) in [4.78, 5) is 7.06. The second-order valence-corrected chi connectivity index (χ2v) is 2.11. The minimum absolute atomic E-state index is 0. The van der Waals surface area contributed by atoms with Gasteiger partial charge in [-0.1, -0.05) is 0 Å². The van der Waals surface area contributed by atoms with Crippen molar-refractivity contribution in [2.45, 2.75) is 20.5 Å². The van der Waals surface area contributed by atoms with Crippen molar-refractivity contribution >= 4 is 12.4 Å². The van der Waals surface area contributed by atoms with Crippen LogP contribution in [0.4, 0.5) is 0 Å². The zero-order valence-electron chi connectivity index (χ0n) is 6.76. The zero-order valence-corrected chi connectivity index (χ0v) is 7.57. The molecule has 0 aliphatic heterocycles. The van der Waals surface area contributed by atoms with E-state index in [1.54, 1.807) is 6.33 Å². The van der Waals surface area contributed by atoms with E-state index in [0.29, 0.717) is 6.61 Å². The molecule has 1 heterocycles. The number of imidazole rings is 1. The van der Waals surface area contributed by atoms with E-state index in [4.69, 9.17) is 4.74 Å². The van der Waals surface area contributed by atoms with Crippen LogP contribution in [-0.4, -0.2) is 16.6 Å². The molecular weight excluding hydrogens is 164 g/mol. The number of hydrogen-bond donors (Lipinski definition) is 1. The lowest BCUT2D eigenvalue weighted by molar-refractivity contribution is 0.131. The van der Waals surface area contributed by atoms with Gasteiger partial charge in [0.1, 0.15) is 0 Å². The van der Waals surface area contributed by atoms with Crippen molar-refractivity contribution in [3.8, 4) is 0 Å². The quantitative estimate of drug-likeness (QED) is 0.761. The molecule has 1 rings (SSSR count). The van der Waals surface area contributed by atoms with E-state index in [0.717, 1.165) is 18.0 Å². The predicted molar refractivity (Wildman–Crippen MR) is 45.9 cm³/mol. The first-order valence-corrected chi connectivity index (χ1v) is 3.41. The maximum absolute atomic E-state index is 5.18. The molecular formula is C7H13ClN2O. The number of H-pyrrole nitrogens is 1. The van der Waals surface area contributed by atoms with Crippen molar-refractivity contribution in [2.24, 2.45) is 0 Å². The molecule has 0 bridgehead atoms. The van der Waals surface area contributed by atoms with E-state index < -0.39 is 0 Å². The van der Waals surface area contributed by atoms with E-state index in [-0.39, 0.29) is 12.4 Å². The van der Waals surface area contributed by atoms with Crippen LogP contribution in [0.5, 0.6) is 0 Å². The van der Waals surface area contributed by atoms with Gasteiger partial charge in [-0.3, -0.25) is 0 Å². The van der Waals surface area contributed by atoms with E-state index in [2.05, 4.69) is 9.97 Å². The third kappa shape index (κ3) is 2.91. The number of aromatic nitrogens is 2. The summed E-state index contributed by atoms with van der Waals surface area (Å²) >= 11 is 0. The van der Waals surface area contributed by atoms with Crippen molar-refractivity contribution in [3.63, 3.8) is 0 Å². The Labute approximate surface area is 72.6 Å². The van der Waals surface area contributed by atoms with Crippen LogP contribution >= 0.6 is 12.4 Å². The van der Waals surface area contributed by atoms with E-state index in [9.17, 15) is 0 Å². The maximum atomic E-state index is 5.18. The fourth-order valence-corrected chi connectivity index (χ4v) is 0.731. The summed E-state index contributed by atoms with van der Waals surface area (Å²) in [5, 5.41) is 0. The third-order valence-electron chi connectivity index (χ3n) is 1.38. The highest BCUT2D eigenvalue weighted by atomic mass is 35.5. The molecule has 0 saturated heterocycles. The molecule has 0 amide bonds. The van der Waals surface area contributed by atoms with Gasteiger partial charge < -0.3 is 9.72 Å². The SMILES string of the molecule is CCOCc1nc[nH]c1C.Cl. The Balaban J connectivity index is 0.000001000. The van der Waals surface area contributed by atoms with Crippen LogP contribution in [0.25, 0.3) is 0 Å². The molecule has 11 heavy (non-hydrogen) atoms. The van der Waals surface area contributed by atoms with Gasteiger partial charge in [0.15, 0.2) is 0 Å². The standard InChI is InChI=1S/C7H12N2O.ClH/c1-3-10-4-7-6(2)8-5-9-7;/h5H,3-4H2,1-2H3,(H,8,9);1H. The molecule has 1 aromatic rings. The summed E-state index contributed by atoms with van der Waals surface area (Å²) in [5.41, 5.74) is 2.09. The Hall–Kier alpha value is -0.540. The number of hydrogen-bond acceptors (Lipinski definition) is 2. The number of nitrogens with zero attached hydrogens (tertiary/aromatic N) is 1. The Morgan fingerprint density at radius 3 is 2.82 bits per heavy atom. The third-order valence-corrected chi connectivity index (χ3v) is 1.38. The van der Waals surface area contributed by atoms with Crippen LogP contribution in [0.3, 0.4) is 0 Å². The van der Waals surface area contributed by atoms with E-state index in [1.807, 2.05) is 13.8 Å². The minimum Gasteiger partial charge on any atom is -0.375 e.